The third-order valence-corrected chi connectivity index (χ3v) is 3.65. The molecule has 7 nitrogen and oxygen atoms in total. The van der Waals surface area contributed by atoms with Gasteiger partial charge in [-0.25, -0.2) is 4.98 Å². The predicted octanol–water partition coefficient (Wildman–Crippen LogP) is 1.23. The van der Waals surface area contributed by atoms with Gasteiger partial charge in [-0.1, -0.05) is 6.07 Å². The van der Waals surface area contributed by atoms with Crippen LogP contribution >= 0.6 is 0 Å². The van der Waals surface area contributed by atoms with Crippen LogP contribution in [0.4, 0.5) is 11.8 Å². The number of nitrogens with one attached hydrogen (secondary N) is 2. The van der Waals surface area contributed by atoms with Gasteiger partial charge in [0.25, 0.3) is 0 Å². The first-order chi connectivity index (χ1) is 11.4. The van der Waals surface area contributed by atoms with Gasteiger partial charge >= 0.3 is 0 Å². The Kier molecular flexibility index (Phi) is 5.71. The van der Waals surface area contributed by atoms with Crippen LogP contribution in [0.1, 0.15) is 5.69 Å². The maximum Gasteiger partial charge on any atom is 0.224 e. The molecule has 1 aliphatic rings. The Morgan fingerprint density at radius 2 is 1.96 bits per heavy atom. The van der Waals surface area contributed by atoms with E-state index in [0.717, 1.165) is 50.9 Å². The third-order valence-electron chi connectivity index (χ3n) is 3.65. The molecule has 1 saturated heterocycles. The Hall–Kier alpha value is -2.25. The highest BCUT2D eigenvalue weighted by atomic mass is 16.5. The lowest BCUT2D eigenvalue weighted by molar-refractivity contribution is 0.0398. The summed E-state index contributed by atoms with van der Waals surface area (Å²) in [6.07, 6.45) is 3.53. The number of ether oxygens (including phenoxy) is 1. The van der Waals surface area contributed by atoms with Crippen LogP contribution < -0.4 is 10.6 Å². The number of anilines is 2. The number of nitrogens with zero attached hydrogens (tertiary/aromatic N) is 4. The van der Waals surface area contributed by atoms with Crippen molar-refractivity contribution in [3.8, 4) is 0 Å². The van der Waals surface area contributed by atoms with Gasteiger partial charge in [-0.3, -0.25) is 9.88 Å². The molecule has 0 atom stereocenters. The zero-order valence-electron chi connectivity index (χ0n) is 13.1. The Morgan fingerprint density at radius 3 is 2.78 bits per heavy atom. The molecule has 0 aromatic carbocycles. The Bertz CT molecular complexity index is 588. The van der Waals surface area contributed by atoms with E-state index in [1.54, 1.807) is 12.4 Å². The molecule has 2 aromatic heterocycles. The number of hydrogen-bond acceptors (Lipinski definition) is 7. The van der Waals surface area contributed by atoms with E-state index in [2.05, 4.69) is 30.5 Å². The average molecular weight is 314 g/mol. The predicted molar refractivity (Wildman–Crippen MR) is 89.3 cm³/mol. The first-order valence-corrected chi connectivity index (χ1v) is 7.91. The summed E-state index contributed by atoms with van der Waals surface area (Å²) >= 11 is 0. The molecule has 0 spiro atoms. The number of aromatic nitrogens is 3. The highest BCUT2D eigenvalue weighted by molar-refractivity contribution is 5.39. The van der Waals surface area contributed by atoms with Gasteiger partial charge in [-0.2, -0.15) is 4.98 Å². The molecule has 0 saturated carbocycles. The normalized spacial score (nSPS) is 15.3. The van der Waals surface area contributed by atoms with Crippen molar-refractivity contribution in [2.24, 2.45) is 0 Å². The zero-order chi connectivity index (χ0) is 15.7. The second kappa shape index (κ2) is 8.40. The van der Waals surface area contributed by atoms with E-state index in [0.29, 0.717) is 12.5 Å². The monoisotopic (exact) mass is 314 g/mol. The minimum atomic E-state index is 0.604. The standard InChI is InChI=1S/C16H22N6O/c1-2-5-17-14(3-1)13-20-16-19-6-4-15(21-16)18-7-8-22-9-11-23-12-10-22/h1-6H,7-13H2,(H2,18,19,20,21). The lowest BCUT2D eigenvalue weighted by Gasteiger charge is -2.26. The number of morpholine rings is 1. The summed E-state index contributed by atoms with van der Waals surface area (Å²) in [4.78, 5) is 15.4. The van der Waals surface area contributed by atoms with Crippen molar-refractivity contribution in [2.45, 2.75) is 6.54 Å². The molecule has 122 valence electrons. The summed E-state index contributed by atoms with van der Waals surface area (Å²) in [5.41, 5.74) is 0.960. The SMILES string of the molecule is c1ccc(CNc2nccc(NCCN3CCOCC3)n2)nc1. The third kappa shape index (κ3) is 5.15. The van der Waals surface area contributed by atoms with Gasteiger partial charge in [0.05, 0.1) is 25.5 Å². The van der Waals surface area contributed by atoms with Crippen molar-refractivity contribution in [1.82, 2.24) is 19.9 Å². The fourth-order valence-corrected chi connectivity index (χ4v) is 2.38. The summed E-state index contributed by atoms with van der Waals surface area (Å²) in [7, 11) is 0. The average Bonchev–Trinajstić information content (AvgIpc) is 2.62. The lowest BCUT2D eigenvalue weighted by atomic mass is 10.3. The molecule has 0 radical (unpaired) electrons. The number of rotatable bonds is 7. The summed E-state index contributed by atoms with van der Waals surface area (Å²) < 4.78 is 5.35. The van der Waals surface area contributed by atoms with E-state index >= 15 is 0 Å². The Morgan fingerprint density at radius 1 is 1.04 bits per heavy atom. The van der Waals surface area contributed by atoms with E-state index in [1.807, 2.05) is 24.3 Å². The van der Waals surface area contributed by atoms with Crippen LogP contribution in [-0.2, 0) is 11.3 Å². The second-order valence-electron chi connectivity index (χ2n) is 5.32. The van der Waals surface area contributed by atoms with E-state index in [9.17, 15) is 0 Å². The Labute approximate surface area is 136 Å². The summed E-state index contributed by atoms with van der Waals surface area (Å²) in [6, 6.07) is 7.72. The van der Waals surface area contributed by atoms with Gasteiger partial charge in [-0.15, -0.1) is 0 Å². The van der Waals surface area contributed by atoms with Crippen molar-refractivity contribution in [3.05, 3.63) is 42.4 Å². The van der Waals surface area contributed by atoms with E-state index in [4.69, 9.17) is 4.74 Å². The van der Waals surface area contributed by atoms with Gasteiger partial charge < -0.3 is 15.4 Å². The molecular weight excluding hydrogens is 292 g/mol. The van der Waals surface area contributed by atoms with Gasteiger partial charge in [0.1, 0.15) is 5.82 Å². The first kappa shape index (κ1) is 15.6. The van der Waals surface area contributed by atoms with Crippen LogP contribution in [-0.4, -0.2) is 59.2 Å². The van der Waals surface area contributed by atoms with Gasteiger partial charge in [0.2, 0.25) is 5.95 Å². The van der Waals surface area contributed by atoms with Crippen LogP contribution in [0, 0.1) is 0 Å². The largest absolute Gasteiger partial charge is 0.379 e. The van der Waals surface area contributed by atoms with Crippen LogP contribution in [0.15, 0.2) is 36.7 Å². The number of pyridine rings is 1. The maximum atomic E-state index is 5.35. The summed E-state index contributed by atoms with van der Waals surface area (Å²) in [5.74, 6) is 1.43. The fraction of sp³-hybridized carbons (Fsp3) is 0.438. The van der Waals surface area contributed by atoms with Crippen LogP contribution in [0.3, 0.4) is 0 Å². The van der Waals surface area contributed by atoms with Crippen molar-refractivity contribution in [3.63, 3.8) is 0 Å². The van der Waals surface area contributed by atoms with Crippen molar-refractivity contribution >= 4 is 11.8 Å². The molecule has 3 heterocycles. The molecule has 1 fully saturated rings. The topological polar surface area (TPSA) is 75.2 Å². The second-order valence-corrected chi connectivity index (χ2v) is 5.32. The van der Waals surface area contributed by atoms with Crippen LogP contribution in [0.2, 0.25) is 0 Å². The van der Waals surface area contributed by atoms with E-state index in [1.165, 1.54) is 0 Å². The molecule has 1 aliphatic heterocycles. The molecule has 23 heavy (non-hydrogen) atoms. The highest BCUT2D eigenvalue weighted by Crippen LogP contribution is 2.07. The van der Waals surface area contributed by atoms with E-state index < -0.39 is 0 Å². The van der Waals surface area contributed by atoms with E-state index in [-0.39, 0.29) is 0 Å². The summed E-state index contributed by atoms with van der Waals surface area (Å²) in [6.45, 7) is 6.12. The molecular formula is C16H22N6O. The Balaban J connectivity index is 1.45. The molecule has 0 unspecified atom stereocenters. The van der Waals surface area contributed by atoms with Gasteiger partial charge in [0, 0.05) is 38.6 Å². The van der Waals surface area contributed by atoms with Crippen molar-refractivity contribution < 1.29 is 4.74 Å². The fourth-order valence-electron chi connectivity index (χ4n) is 2.38. The molecule has 7 heteroatoms. The molecule has 0 aliphatic carbocycles. The molecule has 2 aromatic rings. The molecule has 3 rings (SSSR count). The maximum absolute atomic E-state index is 5.35. The molecule has 0 bridgehead atoms. The smallest absolute Gasteiger partial charge is 0.224 e. The first-order valence-electron chi connectivity index (χ1n) is 7.91. The molecule has 0 amide bonds. The van der Waals surface area contributed by atoms with Crippen molar-refractivity contribution in [2.75, 3.05) is 50.0 Å². The summed E-state index contributed by atoms with van der Waals surface area (Å²) in [5, 5.41) is 6.53. The zero-order valence-corrected chi connectivity index (χ0v) is 13.1. The molecule has 2 N–H and O–H groups in total. The van der Waals surface area contributed by atoms with Crippen LogP contribution in [0.25, 0.3) is 0 Å². The lowest BCUT2D eigenvalue weighted by Crippen LogP contribution is -2.39. The minimum Gasteiger partial charge on any atom is -0.379 e. The van der Waals surface area contributed by atoms with Gasteiger partial charge in [0.15, 0.2) is 0 Å². The quantitative estimate of drug-likeness (QED) is 0.796. The van der Waals surface area contributed by atoms with Crippen molar-refractivity contribution in [1.29, 1.82) is 0 Å². The highest BCUT2D eigenvalue weighted by Gasteiger charge is 2.09. The number of hydrogen-bond donors (Lipinski definition) is 2. The minimum absolute atomic E-state index is 0.604. The van der Waals surface area contributed by atoms with Crippen LogP contribution in [0.5, 0.6) is 0 Å². The van der Waals surface area contributed by atoms with Gasteiger partial charge in [-0.05, 0) is 18.2 Å².